The smallest absolute Gasteiger partial charge is 0.278 e. The Kier molecular flexibility index (Phi) is 2.78. The number of pyridine rings is 1. The van der Waals surface area contributed by atoms with Gasteiger partial charge in [0.05, 0.1) is 23.3 Å². The first-order chi connectivity index (χ1) is 8.08. The van der Waals surface area contributed by atoms with Crippen molar-refractivity contribution in [1.29, 1.82) is 0 Å². The lowest BCUT2D eigenvalue weighted by Gasteiger charge is -2.03. The number of aromatic nitrogens is 3. The molecule has 2 aromatic rings. The highest BCUT2D eigenvalue weighted by molar-refractivity contribution is 6.06. The number of aryl methyl sites for hydroxylation is 2. The van der Waals surface area contributed by atoms with Crippen LogP contribution in [0.25, 0.3) is 0 Å². The molecule has 0 bridgehead atoms. The van der Waals surface area contributed by atoms with Gasteiger partial charge in [0.15, 0.2) is 5.69 Å². The summed E-state index contributed by atoms with van der Waals surface area (Å²) in [4.78, 5) is 15.9. The van der Waals surface area contributed by atoms with Crippen LogP contribution in [0.5, 0.6) is 0 Å². The van der Waals surface area contributed by atoms with E-state index in [1.54, 1.807) is 19.2 Å². The summed E-state index contributed by atoms with van der Waals surface area (Å²) in [6.45, 7) is 3.63. The van der Waals surface area contributed by atoms with Crippen molar-refractivity contribution >= 4 is 17.3 Å². The van der Waals surface area contributed by atoms with E-state index in [4.69, 9.17) is 5.73 Å². The van der Waals surface area contributed by atoms with Crippen LogP contribution >= 0.6 is 0 Å². The predicted octanol–water partition coefficient (Wildman–Crippen LogP) is 1.26. The molecule has 2 rings (SSSR count). The van der Waals surface area contributed by atoms with Crippen LogP contribution in [0.2, 0.25) is 0 Å². The summed E-state index contributed by atoms with van der Waals surface area (Å²) in [5.41, 5.74) is 8.45. The Morgan fingerprint density at radius 1 is 1.41 bits per heavy atom. The maximum Gasteiger partial charge on any atom is 0.278 e. The largest absolute Gasteiger partial charge is 0.395 e. The number of H-pyrrole nitrogens is 1. The van der Waals surface area contributed by atoms with Gasteiger partial charge in [-0.2, -0.15) is 5.10 Å². The lowest BCUT2D eigenvalue weighted by atomic mass is 10.3. The Hall–Kier alpha value is -2.37. The van der Waals surface area contributed by atoms with Gasteiger partial charge < -0.3 is 11.1 Å². The molecule has 17 heavy (non-hydrogen) atoms. The second kappa shape index (κ2) is 4.25. The molecule has 88 valence electrons. The molecule has 4 N–H and O–H groups in total. The standard InChI is InChI=1S/C11H13N5O/c1-6-3-4-8(5-13-6)14-11(17)10-9(12)7(2)15-16-10/h3-5H,12H2,1-2H3,(H,14,17)(H,15,16). The molecule has 0 atom stereocenters. The fourth-order valence-corrected chi connectivity index (χ4v) is 1.34. The fourth-order valence-electron chi connectivity index (χ4n) is 1.34. The zero-order valence-electron chi connectivity index (χ0n) is 9.61. The number of nitrogens with one attached hydrogen (secondary N) is 2. The molecule has 0 saturated carbocycles. The maximum absolute atomic E-state index is 11.8. The Morgan fingerprint density at radius 3 is 2.71 bits per heavy atom. The van der Waals surface area contributed by atoms with Crippen molar-refractivity contribution < 1.29 is 4.79 Å². The van der Waals surface area contributed by atoms with Crippen LogP contribution in [0.4, 0.5) is 11.4 Å². The average molecular weight is 231 g/mol. The van der Waals surface area contributed by atoms with Crippen LogP contribution in [0.15, 0.2) is 18.3 Å². The number of aromatic amines is 1. The molecule has 0 saturated heterocycles. The Balaban J connectivity index is 2.17. The number of amides is 1. The van der Waals surface area contributed by atoms with E-state index in [0.29, 0.717) is 17.1 Å². The summed E-state index contributed by atoms with van der Waals surface area (Å²) in [6, 6.07) is 3.59. The van der Waals surface area contributed by atoms with E-state index >= 15 is 0 Å². The number of rotatable bonds is 2. The molecular weight excluding hydrogens is 218 g/mol. The second-order valence-corrected chi connectivity index (χ2v) is 3.75. The van der Waals surface area contributed by atoms with E-state index in [9.17, 15) is 4.79 Å². The number of carbonyl (C=O) groups is 1. The Labute approximate surface area is 98.3 Å². The Morgan fingerprint density at radius 2 is 2.18 bits per heavy atom. The summed E-state index contributed by atoms with van der Waals surface area (Å²) in [7, 11) is 0. The lowest BCUT2D eigenvalue weighted by molar-refractivity contribution is 0.102. The molecule has 0 aliphatic rings. The molecule has 1 amide bonds. The third kappa shape index (κ3) is 2.25. The zero-order chi connectivity index (χ0) is 12.4. The molecule has 0 spiro atoms. The second-order valence-electron chi connectivity index (χ2n) is 3.75. The molecule has 0 aliphatic carbocycles. The van der Waals surface area contributed by atoms with Gasteiger partial charge in [-0.3, -0.25) is 14.9 Å². The molecule has 0 radical (unpaired) electrons. The summed E-state index contributed by atoms with van der Waals surface area (Å²) >= 11 is 0. The number of nitrogens with zero attached hydrogens (tertiary/aromatic N) is 2. The van der Waals surface area contributed by atoms with E-state index in [1.807, 2.05) is 13.0 Å². The van der Waals surface area contributed by atoms with Gasteiger partial charge in [0, 0.05) is 5.69 Å². The number of hydrogen-bond acceptors (Lipinski definition) is 4. The van der Waals surface area contributed by atoms with Gasteiger partial charge in [-0.1, -0.05) is 0 Å². The van der Waals surface area contributed by atoms with Gasteiger partial charge in [0.1, 0.15) is 0 Å². The monoisotopic (exact) mass is 231 g/mol. The van der Waals surface area contributed by atoms with Crippen molar-refractivity contribution in [1.82, 2.24) is 15.2 Å². The number of nitrogen functional groups attached to an aromatic ring is 1. The van der Waals surface area contributed by atoms with E-state index in [0.717, 1.165) is 5.69 Å². The summed E-state index contributed by atoms with van der Waals surface area (Å²) in [5, 5.41) is 9.18. The minimum atomic E-state index is -0.350. The summed E-state index contributed by atoms with van der Waals surface area (Å²) in [5.74, 6) is -0.350. The molecule has 0 aliphatic heterocycles. The van der Waals surface area contributed by atoms with Gasteiger partial charge in [0.2, 0.25) is 0 Å². The van der Waals surface area contributed by atoms with Gasteiger partial charge >= 0.3 is 0 Å². The highest BCUT2D eigenvalue weighted by atomic mass is 16.2. The van der Waals surface area contributed by atoms with Crippen LogP contribution in [0.1, 0.15) is 21.9 Å². The van der Waals surface area contributed by atoms with E-state index in [-0.39, 0.29) is 11.6 Å². The topological polar surface area (TPSA) is 96.7 Å². The first kappa shape index (κ1) is 11.1. The van der Waals surface area contributed by atoms with Crippen molar-refractivity contribution in [3.05, 3.63) is 35.4 Å². The third-order valence-corrected chi connectivity index (χ3v) is 2.38. The zero-order valence-corrected chi connectivity index (χ0v) is 9.61. The number of carbonyl (C=O) groups excluding carboxylic acids is 1. The average Bonchev–Trinajstić information content (AvgIpc) is 2.63. The minimum absolute atomic E-state index is 0.197. The van der Waals surface area contributed by atoms with Crippen molar-refractivity contribution in [2.75, 3.05) is 11.1 Å². The van der Waals surface area contributed by atoms with Gasteiger partial charge in [-0.05, 0) is 26.0 Å². The maximum atomic E-state index is 11.8. The molecule has 0 unspecified atom stereocenters. The van der Waals surface area contributed by atoms with Crippen molar-refractivity contribution in [3.8, 4) is 0 Å². The first-order valence-corrected chi connectivity index (χ1v) is 5.12. The SMILES string of the molecule is Cc1ccc(NC(=O)c2n[nH]c(C)c2N)cn1. The van der Waals surface area contributed by atoms with Crippen LogP contribution in [-0.4, -0.2) is 21.1 Å². The highest BCUT2D eigenvalue weighted by Gasteiger charge is 2.15. The number of anilines is 2. The quantitative estimate of drug-likeness (QED) is 0.724. The molecular formula is C11H13N5O. The third-order valence-electron chi connectivity index (χ3n) is 2.38. The molecule has 6 nitrogen and oxygen atoms in total. The molecule has 2 heterocycles. The van der Waals surface area contributed by atoms with Crippen molar-refractivity contribution in [3.63, 3.8) is 0 Å². The van der Waals surface area contributed by atoms with E-state index < -0.39 is 0 Å². The number of nitrogens with two attached hydrogens (primary N) is 1. The molecule has 6 heteroatoms. The van der Waals surface area contributed by atoms with Crippen LogP contribution in [-0.2, 0) is 0 Å². The predicted molar refractivity (Wildman–Crippen MR) is 64.7 cm³/mol. The number of hydrogen-bond donors (Lipinski definition) is 3. The Bertz CT molecular complexity index is 543. The normalized spacial score (nSPS) is 10.2. The first-order valence-electron chi connectivity index (χ1n) is 5.12. The summed E-state index contributed by atoms with van der Waals surface area (Å²) in [6.07, 6.45) is 1.59. The van der Waals surface area contributed by atoms with Crippen LogP contribution < -0.4 is 11.1 Å². The molecule has 0 fully saturated rings. The van der Waals surface area contributed by atoms with E-state index in [2.05, 4.69) is 20.5 Å². The summed E-state index contributed by atoms with van der Waals surface area (Å²) < 4.78 is 0. The molecule has 2 aromatic heterocycles. The van der Waals surface area contributed by atoms with Crippen molar-refractivity contribution in [2.24, 2.45) is 0 Å². The van der Waals surface area contributed by atoms with Crippen molar-refractivity contribution in [2.45, 2.75) is 13.8 Å². The highest BCUT2D eigenvalue weighted by Crippen LogP contribution is 2.14. The van der Waals surface area contributed by atoms with Crippen LogP contribution in [0, 0.1) is 13.8 Å². The molecule has 0 aromatic carbocycles. The van der Waals surface area contributed by atoms with Crippen LogP contribution in [0.3, 0.4) is 0 Å². The van der Waals surface area contributed by atoms with Gasteiger partial charge in [-0.25, -0.2) is 0 Å². The fraction of sp³-hybridized carbons (Fsp3) is 0.182. The van der Waals surface area contributed by atoms with Gasteiger partial charge in [0.25, 0.3) is 5.91 Å². The van der Waals surface area contributed by atoms with E-state index in [1.165, 1.54) is 0 Å². The minimum Gasteiger partial charge on any atom is -0.395 e. The van der Waals surface area contributed by atoms with Gasteiger partial charge in [-0.15, -0.1) is 0 Å². The lowest BCUT2D eigenvalue weighted by Crippen LogP contribution is -2.14.